The number of aromatic nitrogens is 1. The standard InChI is InChI=1S/C25H22N4O2/c1-16-17(2)22(13-12-21(16)26-5)28-23(30)25(3,4)29(24(28)31)20-10-8-18(9-11-20)19-7-6-14-27-15-19/h6-15H,1-4H3. The maximum atomic E-state index is 13.5. The Labute approximate surface area is 181 Å². The number of nitrogens with zero attached hydrogens (tertiary/aromatic N) is 4. The Morgan fingerprint density at radius 1 is 0.935 bits per heavy atom. The summed E-state index contributed by atoms with van der Waals surface area (Å²) in [6, 6.07) is 14.3. The highest BCUT2D eigenvalue weighted by molar-refractivity contribution is 6.30. The van der Waals surface area contributed by atoms with E-state index in [1.165, 1.54) is 9.80 Å². The van der Waals surface area contributed by atoms with Crippen LogP contribution in [0.4, 0.5) is 21.9 Å². The lowest BCUT2D eigenvalue weighted by Crippen LogP contribution is -2.44. The van der Waals surface area contributed by atoms with Gasteiger partial charge in [-0.05, 0) is 74.2 Å². The SMILES string of the molecule is [C-]#[N+]c1ccc(N2C(=O)N(c3ccc(-c4cccnc4)cc3)C(C)(C)C2=O)c(C)c1C. The highest BCUT2D eigenvalue weighted by Gasteiger charge is 2.53. The Bertz CT molecular complexity index is 1220. The van der Waals surface area contributed by atoms with Gasteiger partial charge < -0.3 is 0 Å². The van der Waals surface area contributed by atoms with Crippen molar-refractivity contribution in [2.24, 2.45) is 0 Å². The zero-order valence-electron chi connectivity index (χ0n) is 17.9. The van der Waals surface area contributed by atoms with E-state index in [0.29, 0.717) is 17.1 Å². The molecule has 3 aromatic rings. The molecule has 0 saturated carbocycles. The van der Waals surface area contributed by atoms with Gasteiger partial charge in [0.1, 0.15) is 5.54 Å². The van der Waals surface area contributed by atoms with Crippen LogP contribution in [0.5, 0.6) is 0 Å². The number of urea groups is 1. The number of hydrogen-bond donors (Lipinski definition) is 0. The van der Waals surface area contributed by atoms with Crippen LogP contribution in [0.1, 0.15) is 25.0 Å². The monoisotopic (exact) mass is 410 g/mol. The lowest BCUT2D eigenvalue weighted by atomic mass is 10.0. The van der Waals surface area contributed by atoms with Crippen LogP contribution in [0.2, 0.25) is 0 Å². The number of amides is 3. The Hall–Kier alpha value is -3.98. The largest absolute Gasteiger partial charge is 0.336 e. The molecule has 2 aromatic carbocycles. The summed E-state index contributed by atoms with van der Waals surface area (Å²) in [4.78, 5) is 37.2. The molecule has 0 radical (unpaired) electrons. The third-order valence-electron chi connectivity index (χ3n) is 5.88. The van der Waals surface area contributed by atoms with Gasteiger partial charge in [0.25, 0.3) is 5.91 Å². The molecule has 0 N–H and O–H groups in total. The van der Waals surface area contributed by atoms with Gasteiger partial charge in [0.2, 0.25) is 0 Å². The maximum Gasteiger partial charge on any atom is 0.336 e. The van der Waals surface area contributed by atoms with E-state index in [1.807, 2.05) is 50.2 Å². The molecule has 0 unspecified atom stereocenters. The average molecular weight is 410 g/mol. The summed E-state index contributed by atoms with van der Waals surface area (Å²) in [5.74, 6) is -0.299. The van der Waals surface area contributed by atoms with Crippen LogP contribution in [0, 0.1) is 20.4 Å². The fourth-order valence-corrected chi connectivity index (χ4v) is 3.93. The average Bonchev–Trinajstić information content (AvgIpc) is 2.95. The zero-order chi connectivity index (χ0) is 22.3. The van der Waals surface area contributed by atoms with E-state index in [1.54, 1.807) is 38.4 Å². The molecule has 3 amide bonds. The summed E-state index contributed by atoms with van der Waals surface area (Å²) >= 11 is 0. The molecule has 1 aliphatic rings. The number of rotatable bonds is 3. The van der Waals surface area contributed by atoms with Crippen molar-refractivity contribution in [3.05, 3.63) is 83.5 Å². The third-order valence-corrected chi connectivity index (χ3v) is 5.88. The van der Waals surface area contributed by atoms with Gasteiger partial charge in [-0.15, -0.1) is 0 Å². The van der Waals surface area contributed by atoms with Crippen molar-refractivity contribution in [3.63, 3.8) is 0 Å². The van der Waals surface area contributed by atoms with Crippen LogP contribution in [-0.4, -0.2) is 22.5 Å². The van der Waals surface area contributed by atoms with Crippen molar-refractivity contribution < 1.29 is 9.59 Å². The first-order valence-corrected chi connectivity index (χ1v) is 9.94. The summed E-state index contributed by atoms with van der Waals surface area (Å²) in [7, 11) is 0. The molecule has 0 spiro atoms. The lowest BCUT2D eigenvalue weighted by Gasteiger charge is -2.27. The number of imide groups is 1. The van der Waals surface area contributed by atoms with Crippen molar-refractivity contribution in [1.82, 2.24) is 4.98 Å². The topological polar surface area (TPSA) is 57.9 Å². The number of carbonyl (C=O) groups is 2. The van der Waals surface area contributed by atoms with E-state index in [9.17, 15) is 9.59 Å². The molecule has 6 heteroatoms. The highest BCUT2D eigenvalue weighted by atomic mass is 16.2. The molecule has 4 rings (SSSR count). The molecule has 1 saturated heterocycles. The first-order valence-electron chi connectivity index (χ1n) is 9.94. The molecular formula is C25H22N4O2. The van der Waals surface area contributed by atoms with Crippen molar-refractivity contribution in [2.75, 3.05) is 9.80 Å². The second-order valence-corrected chi connectivity index (χ2v) is 8.07. The number of anilines is 2. The summed E-state index contributed by atoms with van der Waals surface area (Å²) in [6.07, 6.45) is 3.50. The van der Waals surface area contributed by atoms with Crippen LogP contribution < -0.4 is 9.80 Å². The van der Waals surface area contributed by atoms with Crippen molar-refractivity contribution in [2.45, 2.75) is 33.2 Å². The Morgan fingerprint density at radius 2 is 1.65 bits per heavy atom. The molecule has 6 nitrogen and oxygen atoms in total. The molecule has 0 bridgehead atoms. The molecule has 154 valence electrons. The Morgan fingerprint density at radius 3 is 2.26 bits per heavy atom. The minimum absolute atomic E-state index is 0.299. The van der Waals surface area contributed by atoms with E-state index in [0.717, 1.165) is 22.3 Å². The van der Waals surface area contributed by atoms with Crippen LogP contribution in [0.15, 0.2) is 60.9 Å². The molecule has 1 fully saturated rings. The molecule has 2 heterocycles. The van der Waals surface area contributed by atoms with Gasteiger partial charge in [-0.2, -0.15) is 0 Å². The first kappa shape index (κ1) is 20.3. The number of pyridine rings is 1. The molecular weight excluding hydrogens is 388 g/mol. The minimum atomic E-state index is -1.05. The third kappa shape index (κ3) is 3.15. The van der Waals surface area contributed by atoms with E-state index in [-0.39, 0.29) is 5.91 Å². The lowest BCUT2D eigenvalue weighted by molar-refractivity contribution is -0.120. The van der Waals surface area contributed by atoms with Crippen molar-refractivity contribution in [3.8, 4) is 11.1 Å². The van der Waals surface area contributed by atoms with Gasteiger partial charge in [-0.1, -0.05) is 24.3 Å². The van der Waals surface area contributed by atoms with E-state index >= 15 is 0 Å². The molecule has 31 heavy (non-hydrogen) atoms. The van der Waals surface area contributed by atoms with Crippen molar-refractivity contribution >= 4 is 29.0 Å². The van der Waals surface area contributed by atoms with E-state index in [2.05, 4.69) is 9.83 Å². The second-order valence-electron chi connectivity index (χ2n) is 8.07. The quantitative estimate of drug-likeness (QED) is 0.413. The number of carbonyl (C=O) groups excluding carboxylic acids is 2. The number of hydrogen-bond acceptors (Lipinski definition) is 3. The smallest absolute Gasteiger partial charge is 0.279 e. The predicted molar refractivity (Wildman–Crippen MR) is 121 cm³/mol. The first-order chi connectivity index (χ1) is 14.8. The van der Waals surface area contributed by atoms with Gasteiger partial charge in [-0.3, -0.25) is 14.7 Å². The molecule has 0 aliphatic carbocycles. The summed E-state index contributed by atoms with van der Waals surface area (Å²) in [6.45, 7) is 14.5. The number of benzene rings is 2. The van der Waals surface area contributed by atoms with Crippen LogP contribution in [0.3, 0.4) is 0 Å². The zero-order valence-corrected chi connectivity index (χ0v) is 17.9. The van der Waals surface area contributed by atoms with Gasteiger partial charge >= 0.3 is 6.03 Å². The summed E-state index contributed by atoms with van der Waals surface area (Å²) < 4.78 is 0. The van der Waals surface area contributed by atoms with Gasteiger partial charge in [0.15, 0.2) is 5.69 Å². The predicted octanol–water partition coefficient (Wildman–Crippen LogP) is 5.67. The fourth-order valence-electron chi connectivity index (χ4n) is 3.93. The Kier molecular flexibility index (Phi) is 4.82. The van der Waals surface area contributed by atoms with Crippen LogP contribution in [-0.2, 0) is 4.79 Å². The molecule has 1 aliphatic heterocycles. The van der Waals surface area contributed by atoms with E-state index in [4.69, 9.17) is 6.57 Å². The molecule has 1 aromatic heterocycles. The van der Waals surface area contributed by atoms with Gasteiger partial charge in [-0.25, -0.2) is 14.5 Å². The van der Waals surface area contributed by atoms with Gasteiger partial charge in [0.05, 0.1) is 12.3 Å². The highest BCUT2D eigenvalue weighted by Crippen LogP contribution is 2.39. The summed E-state index contributed by atoms with van der Waals surface area (Å²) in [5, 5.41) is 0. The van der Waals surface area contributed by atoms with Crippen molar-refractivity contribution in [1.29, 1.82) is 0 Å². The van der Waals surface area contributed by atoms with Crippen LogP contribution in [0.25, 0.3) is 16.0 Å². The molecule has 0 atom stereocenters. The van der Waals surface area contributed by atoms with E-state index < -0.39 is 11.6 Å². The fraction of sp³-hybridized carbons (Fsp3) is 0.200. The summed E-state index contributed by atoms with van der Waals surface area (Å²) in [5.41, 5.74) is 4.10. The maximum absolute atomic E-state index is 13.5. The van der Waals surface area contributed by atoms with Crippen LogP contribution >= 0.6 is 0 Å². The van der Waals surface area contributed by atoms with Gasteiger partial charge in [0, 0.05) is 18.1 Å². The Balaban J connectivity index is 1.74. The normalized spacial score (nSPS) is 15.3. The minimum Gasteiger partial charge on any atom is -0.279 e. The second kappa shape index (κ2) is 7.37.